The molecule has 128 valence electrons. The molecule has 2 aliphatic heterocycles. The van der Waals surface area contributed by atoms with Crippen LogP contribution in [0.1, 0.15) is 19.3 Å². The molecule has 0 saturated carbocycles. The largest absolute Gasteiger partial charge is 0.371 e. The Morgan fingerprint density at radius 1 is 1.09 bits per heavy atom. The minimum Gasteiger partial charge on any atom is -0.371 e. The predicted molar refractivity (Wildman–Crippen MR) is 99.1 cm³/mol. The predicted octanol–water partition coefficient (Wildman–Crippen LogP) is 2.03. The summed E-state index contributed by atoms with van der Waals surface area (Å²) in [6.07, 6.45) is 4.74. The summed E-state index contributed by atoms with van der Waals surface area (Å²) >= 11 is 4.58. The topological polar surface area (TPSA) is 52.7 Å². The highest BCUT2D eigenvalue weighted by atomic mass is 32.2. The summed E-state index contributed by atoms with van der Waals surface area (Å²) in [6, 6.07) is 8.33. The number of nitrogens with zero attached hydrogens (tertiary/aromatic N) is 2. The highest BCUT2D eigenvalue weighted by molar-refractivity contribution is 7.92. The molecule has 0 bridgehead atoms. The smallest absolute Gasteiger partial charge is 0.229 e. The molecule has 2 heterocycles. The van der Waals surface area contributed by atoms with Crippen molar-refractivity contribution in [2.75, 3.05) is 42.1 Å². The lowest BCUT2D eigenvalue weighted by molar-refractivity contribution is 0.208. The summed E-state index contributed by atoms with van der Waals surface area (Å²) in [5.74, 6) is 0. The second-order valence-electron chi connectivity index (χ2n) is 6.58. The molecule has 0 amide bonds. The van der Waals surface area contributed by atoms with E-state index in [1.807, 2.05) is 24.3 Å². The maximum absolute atomic E-state index is 11.2. The SMILES string of the molecule is CS(=O)(=O)Nc1ccc(N2CCC(N3CCC(S)C3)CC2)cc1. The van der Waals surface area contributed by atoms with Gasteiger partial charge in [-0.1, -0.05) is 0 Å². The van der Waals surface area contributed by atoms with E-state index in [2.05, 4.69) is 27.2 Å². The number of likely N-dealkylation sites (tertiary alicyclic amines) is 1. The van der Waals surface area contributed by atoms with Gasteiger partial charge in [-0.15, -0.1) is 0 Å². The van der Waals surface area contributed by atoms with Crippen LogP contribution < -0.4 is 9.62 Å². The minimum absolute atomic E-state index is 0.544. The Bertz CT molecular complexity index is 625. The third-order valence-electron chi connectivity index (χ3n) is 4.71. The van der Waals surface area contributed by atoms with Gasteiger partial charge in [0.05, 0.1) is 6.26 Å². The molecular formula is C16H25N3O2S2. The molecule has 1 aromatic rings. The molecule has 1 unspecified atom stereocenters. The van der Waals surface area contributed by atoms with Crippen molar-refractivity contribution in [3.63, 3.8) is 0 Å². The number of piperidine rings is 1. The van der Waals surface area contributed by atoms with Crippen molar-refractivity contribution in [2.24, 2.45) is 0 Å². The van der Waals surface area contributed by atoms with Crippen LogP contribution in [0, 0.1) is 0 Å². The summed E-state index contributed by atoms with van der Waals surface area (Å²) < 4.78 is 25.0. The third kappa shape index (κ3) is 4.55. The van der Waals surface area contributed by atoms with Crippen LogP contribution in [0.2, 0.25) is 0 Å². The zero-order chi connectivity index (χ0) is 16.4. The Morgan fingerprint density at radius 2 is 1.74 bits per heavy atom. The van der Waals surface area contributed by atoms with Crippen LogP contribution in [0.3, 0.4) is 0 Å². The summed E-state index contributed by atoms with van der Waals surface area (Å²) in [5, 5.41) is 0.544. The van der Waals surface area contributed by atoms with E-state index in [-0.39, 0.29) is 0 Å². The van der Waals surface area contributed by atoms with Crippen LogP contribution in [0.4, 0.5) is 11.4 Å². The van der Waals surface area contributed by atoms with Crippen molar-refractivity contribution in [3.05, 3.63) is 24.3 Å². The molecule has 1 aromatic carbocycles. The van der Waals surface area contributed by atoms with Gasteiger partial charge in [0.15, 0.2) is 0 Å². The van der Waals surface area contributed by atoms with Crippen LogP contribution in [0.15, 0.2) is 24.3 Å². The van der Waals surface area contributed by atoms with E-state index >= 15 is 0 Å². The molecule has 0 aromatic heterocycles. The second kappa shape index (κ2) is 6.91. The van der Waals surface area contributed by atoms with Crippen LogP contribution in [-0.2, 0) is 10.0 Å². The fourth-order valence-corrected chi connectivity index (χ4v) is 4.43. The van der Waals surface area contributed by atoms with Crippen molar-refractivity contribution in [1.29, 1.82) is 0 Å². The Balaban J connectivity index is 1.55. The molecule has 0 aliphatic carbocycles. The normalized spacial score (nSPS) is 24.1. The number of nitrogens with one attached hydrogen (secondary N) is 1. The number of anilines is 2. The lowest BCUT2D eigenvalue weighted by atomic mass is 10.0. The van der Waals surface area contributed by atoms with Crippen molar-refractivity contribution in [2.45, 2.75) is 30.6 Å². The van der Waals surface area contributed by atoms with E-state index < -0.39 is 10.0 Å². The molecule has 3 rings (SSSR count). The van der Waals surface area contributed by atoms with Crippen LogP contribution in [0.5, 0.6) is 0 Å². The van der Waals surface area contributed by atoms with Crippen molar-refractivity contribution in [1.82, 2.24) is 4.90 Å². The molecule has 1 atom stereocenters. The zero-order valence-corrected chi connectivity index (χ0v) is 15.2. The average Bonchev–Trinajstić information content (AvgIpc) is 2.93. The monoisotopic (exact) mass is 355 g/mol. The molecule has 0 radical (unpaired) electrons. The van der Waals surface area contributed by atoms with Crippen molar-refractivity contribution < 1.29 is 8.42 Å². The van der Waals surface area contributed by atoms with Crippen molar-refractivity contribution >= 4 is 34.0 Å². The maximum atomic E-state index is 11.2. The van der Waals surface area contributed by atoms with E-state index in [0.717, 1.165) is 25.3 Å². The first kappa shape index (κ1) is 16.9. The number of hydrogen-bond donors (Lipinski definition) is 2. The molecule has 0 spiro atoms. The van der Waals surface area contributed by atoms with Gasteiger partial charge in [-0.2, -0.15) is 12.6 Å². The molecule has 7 heteroatoms. The molecule has 5 nitrogen and oxygen atoms in total. The molecular weight excluding hydrogens is 330 g/mol. The van der Waals surface area contributed by atoms with Gasteiger partial charge >= 0.3 is 0 Å². The Kier molecular flexibility index (Phi) is 5.08. The first-order chi connectivity index (χ1) is 10.9. The van der Waals surface area contributed by atoms with Gasteiger partial charge < -0.3 is 4.90 Å². The number of thiol groups is 1. The fourth-order valence-electron chi connectivity index (χ4n) is 3.54. The van der Waals surface area contributed by atoms with Crippen LogP contribution >= 0.6 is 12.6 Å². The summed E-state index contributed by atoms with van der Waals surface area (Å²) in [6.45, 7) is 4.42. The maximum Gasteiger partial charge on any atom is 0.229 e. The number of sulfonamides is 1. The average molecular weight is 356 g/mol. The number of hydrogen-bond acceptors (Lipinski definition) is 5. The summed E-state index contributed by atoms with van der Waals surface area (Å²) in [4.78, 5) is 4.98. The minimum atomic E-state index is -3.21. The number of rotatable bonds is 4. The van der Waals surface area contributed by atoms with Gasteiger partial charge in [-0.25, -0.2) is 8.42 Å². The highest BCUT2D eigenvalue weighted by Crippen LogP contribution is 2.27. The van der Waals surface area contributed by atoms with Crippen LogP contribution in [-0.4, -0.2) is 57.0 Å². The van der Waals surface area contributed by atoms with E-state index in [1.165, 1.54) is 32.1 Å². The van der Waals surface area contributed by atoms with Gasteiger partial charge in [-0.05, 0) is 50.1 Å². The highest BCUT2D eigenvalue weighted by Gasteiger charge is 2.29. The summed E-state index contributed by atoms with van der Waals surface area (Å²) in [7, 11) is -3.21. The van der Waals surface area contributed by atoms with Crippen molar-refractivity contribution in [3.8, 4) is 0 Å². The number of benzene rings is 1. The Morgan fingerprint density at radius 3 is 2.26 bits per heavy atom. The fraction of sp³-hybridized carbons (Fsp3) is 0.625. The first-order valence-corrected chi connectivity index (χ1v) is 10.6. The molecule has 2 saturated heterocycles. The van der Waals surface area contributed by atoms with Crippen LogP contribution in [0.25, 0.3) is 0 Å². The zero-order valence-electron chi connectivity index (χ0n) is 13.5. The van der Waals surface area contributed by atoms with E-state index in [1.54, 1.807) is 0 Å². The Labute approximate surface area is 144 Å². The summed E-state index contributed by atoms with van der Waals surface area (Å²) in [5.41, 5.74) is 1.78. The second-order valence-corrected chi connectivity index (χ2v) is 9.06. The van der Waals surface area contributed by atoms with Gasteiger partial charge in [0.1, 0.15) is 0 Å². The standard InChI is InChI=1S/C16H25N3O2S2/c1-23(20,21)17-13-2-4-14(5-3-13)18-9-6-15(7-10-18)19-11-8-16(22)12-19/h2-5,15-17,22H,6-12H2,1H3. The van der Waals surface area contributed by atoms with E-state index in [0.29, 0.717) is 17.0 Å². The van der Waals surface area contributed by atoms with Gasteiger partial charge in [-0.3, -0.25) is 9.62 Å². The molecule has 2 fully saturated rings. The lowest BCUT2D eigenvalue weighted by Gasteiger charge is -2.38. The molecule has 1 N–H and O–H groups in total. The first-order valence-electron chi connectivity index (χ1n) is 8.15. The molecule has 23 heavy (non-hydrogen) atoms. The lowest BCUT2D eigenvalue weighted by Crippen LogP contribution is -2.44. The van der Waals surface area contributed by atoms with Gasteiger partial charge in [0.2, 0.25) is 10.0 Å². The van der Waals surface area contributed by atoms with E-state index in [4.69, 9.17) is 0 Å². The van der Waals surface area contributed by atoms with Gasteiger partial charge in [0, 0.05) is 42.3 Å². The third-order valence-corrected chi connectivity index (χ3v) is 5.74. The van der Waals surface area contributed by atoms with Gasteiger partial charge in [0.25, 0.3) is 0 Å². The quantitative estimate of drug-likeness (QED) is 0.812. The Hall–Kier alpha value is -0.920. The molecule has 2 aliphatic rings. The van der Waals surface area contributed by atoms with E-state index in [9.17, 15) is 8.42 Å².